The van der Waals surface area contributed by atoms with E-state index in [2.05, 4.69) is 28.5 Å². The van der Waals surface area contributed by atoms with E-state index in [0.717, 1.165) is 73.4 Å². The van der Waals surface area contributed by atoms with Crippen LogP contribution < -0.4 is 22.0 Å². The summed E-state index contributed by atoms with van der Waals surface area (Å²) in [5.74, 6) is 5.79. The lowest BCUT2D eigenvalue weighted by atomic mass is 9.89. The Kier molecular flexibility index (Phi) is 5.56. The van der Waals surface area contributed by atoms with E-state index in [1.807, 2.05) is 19.1 Å². The Morgan fingerprint density at radius 2 is 2.06 bits per heavy atom. The first-order valence-corrected chi connectivity index (χ1v) is 11.2. The van der Waals surface area contributed by atoms with Gasteiger partial charge in [0.1, 0.15) is 0 Å². The van der Waals surface area contributed by atoms with E-state index >= 15 is 0 Å². The average molecular weight is 425 g/mol. The maximum Gasteiger partial charge on any atom is 0.350 e. The van der Waals surface area contributed by atoms with Gasteiger partial charge in [0.05, 0.1) is 17.4 Å². The SMILES string of the molecule is [C-]#[N+]CCN(CC)CC1(C)CCN(c2ccc3c(=O)n(N)c(=O)n(C4CC4)c3c2C)C1. The number of likely N-dealkylation sites (N-methyl/N-ethyl adjacent to an activating group) is 1. The second-order valence-corrected chi connectivity index (χ2v) is 9.40. The Balaban J connectivity index is 1.68. The van der Waals surface area contributed by atoms with Crippen molar-refractivity contribution >= 4 is 16.6 Å². The number of nitrogens with zero attached hydrogens (tertiary/aromatic N) is 5. The zero-order chi connectivity index (χ0) is 22.3. The number of benzene rings is 1. The minimum absolute atomic E-state index is 0.128. The summed E-state index contributed by atoms with van der Waals surface area (Å²) in [6.45, 7) is 18.6. The molecule has 2 heterocycles. The van der Waals surface area contributed by atoms with Gasteiger partial charge in [0, 0.05) is 31.4 Å². The van der Waals surface area contributed by atoms with Crippen LogP contribution in [0.4, 0.5) is 5.69 Å². The van der Waals surface area contributed by atoms with Crippen LogP contribution in [-0.4, -0.2) is 53.4 Å². The van der Waals surface area contributed by atoms with Crippen molar-refractivity contribution in [3.8, 4) is 0 Å². The molecule has 0 amide bonds. The van der Waals surface area contributed by atoms with Crippen molar-refractivity contribution in [1.82, 2.24) is 14.1 Å². The molecule has 1 aromatic carbocycles. The predicted molar refractivity (Wildman–Crippen MR) is 124 cm³/mol. The van der Waals surface area contributed by atoms with E-state index in [1.165, 1.54) is 0 Å². The Bertz CT molecular complexity index is 1160. The van der Waals surface area contributed by atoms with Crippen molar-refractivity contribution in [2.24, 2.45) is 5.41 Å². The molecule has 8 heteroatoms. The first kappa shape index (κ1) is 21.4. The lowest BCUT2D eigenvalue weighted by Crippen LogP contribution is -2.44. The van der Waals surface area contributed by atoms with E-state index in [-0.39, 0.29) is 11.5 Å². The minimum atomic E-state index is -0.434. The van der Waals surface area contributed by atoms with Crippen molar-refractivity contribution in [2.75, 3.05) is 50.0 Å². The smallest absolute Gasteiger partial charge is 0.350 e. The number of anilines is 1. The van der Waals surface area contributed by atoms with Gasteiger partial charge in [-0.05, 0) is 55.8 Å². The molecule has 1 atom stereocenters. The summed E-state index contributed by atoms with van der Waals surface area (Å²) in [5.41, 5.74) is 2.07. The summed E-state index contributed by atoms with van der Waals surface area (Å²) in [6.07, 6.45) is 2.95. The van der Waals surface area contributed by atoms with Crippen LogP contribution in [0, 0.1) is 18.9 Å². The highest BCUT2D eigenvalue weighted by molar-refractivity contribution is 5.87. The Hall–Kier alpha value is -2.79. The maximum atomic E-state index is 12.8. The van der Waals surface area contributed by atoms with Gasteiger partial charge < -0.3 is 15.6 Å². The van der Waals surface area contributed by atoms with Gasteiger partial charge in [-0.1, -0.05) is 13.8 Å². The molecule has 1 aliphatic carbocycles. The third-order valence-corrected chi connectivity index (χ3v) is 6.90. The first-order valence-electron chi connectivity index (χ1n) is 11.2. The van der Waals surface area contributed by atoms with Gasteiger partial charge in [-0.15, -0.1) is 0 Å². The number of hydrogen-bond acceptors (Lipinski definition) is 5. The van der Waals surface area contributed by atoms with Crippen LogP contribution in [-0.2, 0) is 0 Å². The van der Waals surface area contributed by atoms with Crippen LogP contribution in [0.1, 0.15) is 44.7 Å². The summed E-state index contributed by atoms with van der Waals surface area (Å²) >= 11 is 0. The normalized spacial score (nSPS) is 21.2. The van der Waals surface area contributed by atoms with Gasteiger partial charge in [0.2, 0.25) is 6.54 Å². The standard InChI is InChI=1S/C23H32N6O2/c1-5-26(13-11-25-4)14-23(3)10-12-27(15-23)19-9-8-18-20(16(19)2)28(17-6-7-17)22(31)29(24)21(18)30/h8-9,17H,5-7,10-15,24H2,1-3H3. The lowest BCUT2D eigenvalue weighted by Gasteiger charge is -2.31. The third-order valence-electron chi connectivity index (χ3n) is 6.90. The van der Waals surface area contributed by atoms with Crippen molar-refractivity contribution < 1.29 is 0 Å². The molecule has 2 fully saturated rings. The molecule has 0 bridgehead atoms. The molecule has 0 spiro atoms. The molecule has 2 N–H and O–H groups in total. The predicted octanol–water partition coefficient (Wildman–Crippen LogP) is 1.98. The summed E-state index contributed by atoms with van der Waals surface area (Å²) in [7, 11) is 0. The van der Waals surface area contributed by atoms with Crippen molar-refractivity contribution in [1.29, 1.82) is 0 Å². The number of fused-ring (bicyclic) bond motifs is 1. The number of nitrogen functional groups attached to an aromatic ring is 1. The van der Waals surface area contributed by atoms with Gasteiger partial charge in [-0.3, -0.25) is 14.3 Å². The molecule has 1 unspecified atom stereocenters. The Morgan fingerprint density at radius 3 is 2.71 bits per heavy atom. The molecule has 2 aromatic rings. The molecule has 0 radical (unpaired) electrons. The molecule has 4 rings (SSSR count). The number of nitrogens with two attached hydrogens (primary N) is 1. The zero-order valence-corrected chi connectivity index (χ0v) is 18.7. The molecule has 8 nitrogen and oxygen atoms in total. The van der Waals surface area contributed by atoms with Crippen molar-refractivity contribution in [2.45, 2.75) is 46.1 Å². The first-order chi connectivity index (χ1) is 14.8. The second-order valence-electron chi connectivity index (χ2n) is 9.40. The number of rotatable bonds is 7. The highest BCUT2D eigenvalue weighted by Crippen LogP contribution is 2.40. The van der Waals surface area contributed by atoms with Gasteiger partial charge >= 0.3 is 5.69 Å². The maximum absolute atomic E-state index is 12.8. The highest BCUT2D eigenvalue weighted by Gasteiger charge is 2.36. The molecule has 2 aliphatic rings. The Morgan fingerprint density at radius 1 is 1.32 bits per heavy atom. The fourth-order valence-corrected chi connectivity index (χ4v) is 5.05. The number of aromatic nitrogens is 2. The van der Waals surface area contributed by atoms with Crippen LogP contribution in [0.3, 0.4) is 0 Å². The molecule has 1 aliphatic heterocycles. The minimum Gasteiger partial charge on any atom is -0.371 e. The summed E-state index contributed by atoms with van der Waals surface area (Å²) in [5, 5.41) is 0.508. The molecular weight excluding hydrogens is 392 g/mol. The van der Waals surface area contributed by atoms with Crippen LogP contribution in [0.25, 0.3) is 15.7 Å². The van der Waals surface area contributed by atoms with Crippen LogP contribution in [0.5, 0.6) is 0 Å². The molecular formula is C23H32N6O2. The molecule has 166 valence electrons. The molecule has 31 heavy (non-hydrogen) atoms. The van der Waals surface area contributed by atoms with E-state index in [4.69, 9.17) is 12.4 Å². The van der Waals surface area contributed by atoms with Gasteiger partial charge in [-0.25, -0.2) is 11.4 Å². The Labute approximate surface area is 182 Å². The summed E-state index contributed by atoms with van der Waals surface area (Å²) in [4.78, 5) is 33.7. The van der Waals surface area contributed by atoms with E-state index in [9.17, 15) is 9.59 Å². The largest absolute Gasteiger partial charge is 0.371 e. The van der Waals surface area contributed by atoms with Crippen molar-refractivity contribution in [3.63, 3.8) is 0 Å². The lowest BCUT2D eigenvalue weighted by molar-refractivity contribution is 0.192. The van der Waals surface area contributed by atoms with Gasteiger partial charge in [0.25, 0.3) is 5.56 Å². The van der Waals surface area contributed by atoms with Crippen molar-refractivity contribution in [3.05, 3.63) is 50.0 Å². The molecule has 1 saturated carbocycles. The third kappa shape index (κ3) is 3.83. The average Bonchev–Trinajstić information content (AvgIpc) is 3.52. The topological polar surface area (TPSA) is 80.9 Å². The van der Waals surface area contributed by atoms with E-state index in [1.54, 1.807) is 4.57 Å². The second kappa shape index (κ2) is 8.04. The number of hydrogen-bond donors (Lipinski definition) is 1. The van der Waals surface area contributed by atoms with Crippen LogP contribution >= 0.6 is 0 Å². The monoisotopic (exact) mass is 424 g/mol. The van der Waals surface area contributed by atoms with E-state index < -0.39 is 11.2 Å². The fraction of sp³-hybridized carbons (Fsp3) is 0.609. The summed E-state index contributed by atoms with van der Waals surface area (Å²) in [6, 6.07) is 3.96. The fourth-order valence-electron chi connectivity index (χ4n) is 5.05. The van der Waals surface area contributed by atoms with Gasteiger partial charge in [0.15, 0.2) is 0 Å². The highest BCUT2D eigenvalue weighted by atomic mass is 16.2. The number of aryl methyl sites for hydroxylation is 1. The molecule has 1 saturated heterocycles. The molecule has 1 aromatic heterocycles. The summed E-state index contributed by atoms with van der Waals surface area (Å²) < 4.78 is 2.48. The zero-order valence-electron chi connectivity index (χ0n) is 18.7. The van der Waals surface area contributed by atoms with Crippen LogP contribution in [0.2, 0.25) is 0 Å². The van der Waals surface area contributed by atoms with Crippen LogP contribution in [0.15, 0.2) is 21.7 Å². The quantitative estimate of drug-likeness (QED) is 0.543. The van der Waals surface area contributed by atoms with E-state index in [0.29, 0.717) is 11.9 Å². The van der Waals surface area contributed by atoms with Gasteiger partial charge in [-0.2, -0.15) is 4.68 Å².